The molecule has 2 rings (SSSR count). The Kier molecular flexibility index (Phi) is 4.82. The van der Waals surface area contributed by atoms with Crippen molar-refractivity contribution in [3.63, 3.8) is 0 Å². The molecule has 0 saturated carbocycles. The van der Waals surface area contributed by atoms with Crippen LogP contribution < -0.4 is 10.1 Å². The van der Waals surface area contributed by atoms with Crippen molar-refractivity contribution in [3.05, 3.63) is 59.7 Å². The van der Waals surface area contributed by atoms with Crippen LogP contribution >= 0.6 is 0 Å². The van der Waals surface area contributed by atoms with E-state index in [1.807, 2.05) is 37.3 Å². The van der Waals surface area contributed by atoms with Gasteiger partial charge in [-0.1, -0.05) is 30.3 Å². The molecule has 0 amide bonds. The zero-order chi connectivity index (χ0) is 15.2. The van der Waals surface area contributed by atoms with Crippen molar-refractivity contribution in [2.24, 2.45) is 0 Å². The third-order valence-corrected chi connectivity index (χ3v) is 3.28. The summed E-state index contributed by atoms with van der Waals surface area (Å²) < 4.78 is 5.34. The van der Waals surface area contributed by atoms with Gasteiger partial charge >= 0.3 is 5.97 Å². The zero-order valence-corrected chi connectivity index (χ0v) is 12.2. The number of nitrogens with one attached hydrogen (secondary N) is 1. The van der Waals surface area contributed by atoms with Gasteiger partial charge in [0.15, 0.2) is 0 Å². The molecule has 0 aromatic heterocycles. The molecule has 0 aliphatic heterocycles. The number of carboxylic acids is 1. The molecule has 0 aliphatic rings. The summed E-state index contributed by atoms with van der Waals surface area (Å²) in [6.45, 7) is 2.02. The van der Waals surface area contributed by atoms with E-state index in [0.717, 1.165) is 17.7 Å². The molecule has 1 atom stereocenters. The molecule has 2 aromatic rings. The Morgan fingerprint density at radius 3 is 2.57 bits per heavy atom. The van der Waals surface area contributed by atoms with Crippen molar-refractivity contribution in [2.75, 3.05) is 12.4 Å². The molecule has 0 fully saturated rings. The van der Waals surface area contributed by atoms with E-state index in [9.17, 15) is 9.90 Å². The molecule has 0 bridgehead atoms. The largest absolute Gasteiger partial charge is 0.496 e. The Bertz CT molecular complexity index is 625. The van der Waals surface area contributed by atoms with Gasteiger partial charge < -0.3 is 15.2 Å². The van der Waals surface area contributed by atoms with Gasteiger partial charge in [0.2, 0.25) is 0 Å². The van der Waals surface area contributed by atoms with Crippen LogP contribution in [0.2, 0.25) is 0 Å². The Labute approximate surface area is 124 Å². The van der Waals surface area contributed by atoms with Crippen LogP contribution in [0.25, 0.3) is 0 Å². The van der Waals surface area contributed by atoms with Crippen LogP contribution in [0.1, 0.15) is 22.8 Å². The van der Waals surface area contributed by atoms with Gasteiger partial charge in [0, 0.05) is 11.7 Å². The fourth-order valence-corrected chi connectivity index (χ4v) is 2.31. The van der Waals surface area contributed by atoms with Crippen LogP contribution in [-0.4, -0.2) is 24.2 Å². The summed E-state index contributed by atoms with van der Waals surface area (Å²) in [5.41, 5.74) is 2.00. The molecule has 1 unspecified atom stereocenters. The second-order valence-corrected chi connectivity index (χ2v) is 4.91. The molecule has 4 heteroatoms. The van der Waals surface area contributed by atoms with E-state index in [0.29, 0.717) is 5.69 Å². The zero-order valence-electron chi connectivity index (χ0n) is 12.2. The second-order valence-electron chi connectivity index (χ2n) is 4.91. The van der Waals surface area contributed by atoms with Gasteiger partial charge in [0.25, 0.3) is 0 Å². The molecule has 0 heterocycles. The van der Waals surface area contributed by atoms with Crippen LogP contribution in [0, 0.1) is 0 Å². The van der Waals surface area contributed by atoms with E-state index >= 15 is 0 Å². The maximum atomic E-state index is 11.2. The summed E-state index contributed by atoms with van der Waals surface area (Å²) in [5.74, 6) is -0.0831. The summed E-state index contributed by atoms with van der Waals surface area (Å²) in [4.78, 5) is 11.2. The highest BCUT2D eigenvalue weighted by Crippen LogP contribution is 2.21. The molecular weight excluding hydrogens is 266 g/mol. The number of ether oxygens (including phenoxy) is 1. The number of methoxy groups -OCH3 is 1. The lowest BCUT2D eigenvalue weighted by molar-refractivity contribution is 0.0698. The number of hydrogen-bond acceptors (Lipinski definition) is 3. The number of para-hydroxylation sites is 2. The van der Waals surface area contributed by atoms with Crippen LogP contribution in [0.5, 0.6) is 5.75 Å². The van der Waals surface area contributed by atoms with Crippen molar-refractivity contribution in [3.8, 4) is 5.75 Å². The van der Waals surface area contributed by atoms with Gasteiger partial charge in [-0.3, -0.25) is 0 Å². The Balaban J connectivity index is 2.12. The maximum absolute atomic E-state index is 11.2. The SMILES string of the molecule is COc1ccccc1CC(C)Nc1ccccc1C(=O)O. The molecule has 110 valence electrons. The van der Waals surface area contributed by atoms with Gasteiger partial charge in [-0.2, -0.15) is 0 Å². The van der Waals surface area contributed by atoms with Gasteiger partial charge in [-0.05, 0) is 37.1 Å². The van der Waals surface area contributed by atoms with Crippen LogP contribution in [0.3, 0.4) is 0 Å². The first-order chi connectivity index (χ1) is 10.1. The number of aromatic carboxylic acids is 1. The number of anilines is 1. The summed E-state index contributed by atoms with van der Waals surface area (Å²) in [6, 6.07) is 14.8. The highest BCUT2D eigenvalue weighted by atomic mass is 16.5. The predicted molar refractivity (Wildman–Crippen MR) is 83.2 cm³/mol. The fourth-order valence-electron chi connectivity index (χ4n) is 2.31. The number of carbonyl (C=O) groups is 1. The lowest BCUT2D eigenvalue weighted by Gasteiger charge is -2.18. The first-order valence-electron chi connectivity index (χ1n) is 6.82. The van der Waals surface area contributed by atoms with Gasteiger partial charge in [-0.25, -0.2) is 4.79 Å². The lowest BCUT2D eigenvalue weighted by atomic mass is 10.0. The number of rotatable bonds is 6. The highest BCUT2D eigenvalue weighted by Gasteiger charge is 2.12. The van der Waals surface area contributed by atoms with Crippen LogP contribution in [0.15, 0.2) is 48.5 Å². The van der Waals surface area contributed by atoms with E-state index in [-0.39, 0.29) is 11.6 Å². The predicted octanol–water partition coefficient (Wildman–Crippen LogP) is 3.44. The Morgan fingerprint density at radius 1 is 1.19 bits per heavy atom. The van der Waals surface area contributed by atoms with E-state index < -0.39 is 5.97 Å². The minimum atomic E-state index is -0.928. The molecule has 0 saturated heterocycles. The van der Waals surface area contributed by atoms with Crippen molar-refractivity contribution >= 4 is 11.7 Å². The smallest absolute Gasteiger partial charge is 0.337 e. The third kappa shape index (κ3) is 3.75. The molecule has 21 heavy (non-hydrogen) atoms. The van der Waals surface area contributed by atoms with E-state index in [1.165, 1.54) is 0 Å². The van der Waals surface area contributed by atoms with Crippen molar-refractivity contribution in [2.45, 2.75) is 19.4 Å². The normalized spacial score (nSPS) is 11.7. The fraction of sp³-hybridized carbons (Fsp3) is 0.235. The highest BCUT2D eigenvalue weighted by molar-refractivity contribution is 5.94. The second kappa shape index (κ2) is 6.79. The third-order valence-electron chi connectivity index (χ3n) is 3.28. The van der Waals surface area contributed by atoms with Crippen LogP contribution in [0.4, 0.5) is 5.69 Å². The minimum absolute atomic E-state index is 0.0850. The van der Waals surface area contributed by atoms with Crippen LogP contribution in [-0.2, 0) is 6.42 Å². The van der Waals surface area contributed by atoms with Gasteiger partial charge in [-0.15, -0.1) is 0 Å². The maximum Gasteiger partial charge on any atom is 0.337 e. The Morgan fingerprint density at radius 2 is 1.86 bits per heavy atom. The van der Waals surface area contributed by atoms with Gasteiger partial charge in [0.05, 0.1) is 12.7 Å². The van der Waals surface area contributed by atoms with Crippen molar-refractivity contribution < 1.29 is 14.6 Å². The monoisotopic (exact) mass is 285 g/mol. The Hall–Kier alpha value is -2.49. The molecule has 0 radical (unpaired) electrons. The summed E-state index contributed by atoms with van der Waals surface area (Å²) in [7, 11) is 1.65. The molecule has 0 aliphatic carbocycles. The number of carboxylic acid groups (broad SMARTS) is 1. The minimum Gasteiger partial charge on any atom is -0.496 e. The topological polar surface area (TPSA) is 58.6 Å². The molecule has 4 nitrogen and oxygen atoms in total. The quantitative estimate of drug-likeness (QED) is 0.853. The number of hydrogen-bond donors (Lipinski definition) is 2. The average molecular weight is 285 g/mol. The molecule has 2 aromatic carbocycles. The summed E-state index contributed by atoms with van der Waals surface area (Å²) in [5, 5.41) is 12.4. The molecular formula is C17H19NO3. The standard InChI is InChI=1S/C17H19NO3/c1-12(11-13-7-3-6-10-16(13)21-2)18-15-9-5-4-8-14(15)17(19)20/h3-10,12,18H,11H2,1-2H3,(H,19,20). The number of benzene rings is 2. The molecule has 2 N–H and O–H groups in total. The van der Waals surface area contributed by atoms with E-state index in [1.54, 1.807) is 25.3 Å². The summed E-state index contributed by atoms with van der Waals surface area (Å²) >= 11 is 0. The van der Waals surface area contributed by atoms with E-state index in [4.69, 9.17) is 4.74 Å². The summed E-state index contributed by atoms with van der Waals surface area (Å²) in [6.07, 6.45) is 0.748. The van der Waals surface area contributed by atoms with Gasteiger partial charge in [0.1, 0.15) is 5.75 Å². The first-order valence-corrected chi connectivity index (χ1v) is 6.82. The van der Waals surface area contributed by atoms with Crippen molar-refractivity contribution in [1.29, 1.82) is 0 Å². The first kappa shape index (κ1) is 14.9. The van der Waals surface area contributed by atoms with Crippen molar-refractivity contribution in [1.82, 2.24) is 0 Å². The lowest BCUT2D eigenvalue weighted by Crippen LogP contribution is -2.20. The van der Waals surface area contributed by atoms with E-state index in [2.05, 4.69) is 5.32 Å². The average Bonchev–Trinajstić information content (AvgIpc) is 2.48. The molecule has 0 spiro atoms.